The van der Waals surface area contributed by atoms with Gasteiger partial charge in [-0.25, -0.2) is 4.98 Å². The molecule has 0 spiro atoms. The molecule has 1 atom stereocenters. The Balaban J connectivity index is 1.96. The first kappa shape index (κ1) is 13.1. The van der Waals surface area contributed by atoms with E-state index in [-0.39, 0.29) is 0 Å². The molecule has 1 unspecified atom stereocenters. The lowest BCUT2D eigenvalue weighted by atomic mass is 9.98. The molecule has 5 nitrogen and oxygen atoms in total. The average molecular weight is 272 g/mol. The lowest BCUT2D eigenvalue weighted by molar-refractivity contribution is 0.143. The molecule has 0 bridgehead atoms. The van der Waals surface area contributed by atoms with Crippen LogP contribution < -0.4 is 10.6 Å². The van der Waals surface area contributed by atoms with Crippen LogP contribution in [0.1, 0.15) is 12.8 Å². The molecule has 0 amide bonds. The fraction of sp³-hybridized carbons (Fsp3) is 0.467. The predicted octanol–water partition coefficient (Wildman–Crippen LogP) is 2.07. The number of hydrogen-bond acceptors (Lipinski definition) is 5. The third-order valence-corrected chi connectivity index (χ3v) is 3.82. The number of methoxy groups -OCH3 is 1. The lowest BCUT2D eigenvalue weighted by Gasteiger charge is -2.33. The van der Waals surface area contributed by atoms with Crippen LogP contribution in [0, 0.1) is 5.92 Å². The maximum Gasteiger partial charge on any atom is 0.222 e. The number of anilines is 2. The molecule has 1 saturated heterocycles. The molecular formula is C15H20N4O. The minimum absolute atomic E-state index is 0.340. The van der Waals surface area contributed by atoms with E-state index < -0.39 is 0 Å². The standard InChI is InChI=1S/C15H20N4O/c1-20-10-11-5-4-8-19(9-11)14-12-6-2-3-7-13(12)17-15(16)18-14/h2-3,6-7,11H,4-5,8-10H2,1H3,(H2,16,17,18). The van der Waals surface area contributed by atoms with Gasteiger partial charge in [-0.3, -0.25) is 0 Å². The van der Waals surface area contributed by atoms with Gasteiger partial charge in [0.05, 0.1) is 12.1 Å². The summed E-state index contributed by atoms with van der Waals surface area (Å²) in [4.78, 5) is 11.1. The van der Waals surface area contributed by atoms with Crippen molar-refractivity contribution in [1.82, 2.24) is 9.97 Å². The Morgan fingerprint density at radius 3 is 3.05 bits per heavy atom. The molecular weight excluding hydrogens is 252 g/mol. The number of para-hydroxylation sites is 1. The zero-order chi connectivity index (χ0) is 13.9. The quantitative estimate of drug-likeness (QED) is 0.926. The number of rotatable bonds is 3. The molecule has 1 fully saturated rings. The summed E-state index contributed by atoms with van der Waals surface area (Å²) in [6.07, 6.45) is 2.37. The molecule has 0 radical (unpaired) electrons. The van der Waals surface area contributed by atoms with E-state index in [1.807, 2.05) is 18.2 Å². The largest absolute Gasteiger partial charge is 0.384 e. The summed E-state index contributed by atoms with van der Waals surface area (Å²) in [5.74, 6) is 1.85. The first-order valence-electron chi connectivity index (χ1n) is 7.04. The number of nitrogen functional groups attached to an aromatic ring is 1. The van der Waals surface area contributed by atoms with E-state index in [0.29, 0.717) is 11.9 Å². The topological polar surface area (TPSA) is 64.3 Å². The van der Waals surface area contributed by atoms with E-state index >= 15 is 0 Å². The molecule has 2 aromatic rings. The number of ether oxygens (including phenoxy) is 1. The van der Waals surface area contributed by atoms with Gasteiger partial charge in [0.15, 0.2) is 0 Å². The van der Waals surface area contributed by atoms with Crippen LogP contribution in [0.25, 0.3) is 10.9 Å². The van der Waals surface area contributed by atoms with E-state index in [1.54, 1.807) is 7.11 Å². The first-order chi connectivity index (χ1) is 9.78. The molecule has 1 aromatic heterocycles. The van der Waals surface area contributed by atoms with Gasteiger partial charge in [-0.1, -0.05) is 12.1 Å². The summed E-state index contributed by atoms with van der Waals surface area (Å²) in [7, 11) is 1.76. The maximum absolute atomic E-state index is 5.85. The van der Waals surface area contributed by atoms with Gasteiger partial charge in [0.2, 0.25) is 5.95 Å². The smallest absolute Gasteiger partial charge is 0.222 e. The van der Waals surface area contributed by atoms with Crippen molar-refractivity contribution in [2.75, 3.05) is 37.4 Å². The number of piperidine rings is 1. The van der Waals surface area contributed by atoms with Gasteiger partial charge < -0.3 is 15.4 Å². The van der Waals surface area contributed by atoms with Crippen LogP contribution in [0.5, 0.6) is 0 Å². The van der Waals surface area contributed by atoms with Gasteiger partial charge >= 0.3 is 0 Å². The highest BCUT2D eigenvalue weighted by atomic mass is 16.5. The Morgan fingerprint density at radius 2 is 2.20 bits per heavy atom. The lowest BCUT2D eigenvalue weighted by Crippen LogP contribution is -2.37. The second-order valence-corrected chi connectivity index (χ2v) is 5.33. The minimum Gasteiger partial charge on any atom is -0.384 e. The highest BCUT2D eigenvalue weighted by Gasteiger charge is 2.22. The molecule has 1 aliphatic rings. The summed E-state index contributed by atoms with van der Waals surface area (Å²) in [6.45, 7) is 2.78. The van der Waals surface area contributed by atoms with Crippen molar-refractivity contribution in [1.29, 1.82) is 0 Å². The average Bonchev–Trinajstić information content (AvgIpc) is 2.47. The Hall–Kier alpha value is -1.88. The van der Waals surface area contributed by atoms with Gasteiger partial charge in [-0.05, 0) is 30.9 Å². The van der Waals surface area contributed by atoms with Crippen molar-refractivity contribution in [3.05, 3.63) is 24.3 Å². The van der Waals surface area contributed by atoms with E-state index in [9.17, 15) is 0 Å². The fourth-order valence-corrected chi connectivity index (χ4v) is 2.95. The van der Waals surface area contributed by atoms with Crippen molar-refractivity contribution < 1.29 is 4.74 Å². The minimum atomic E-state index is 0.340. The third kappa shape index (κ3) is 2.54. The van der Waals surface area contributed by atoms with Crippen LogP contribution in [0.2, 0.25) is 0 Å². The molecule has 1 aromatic carbocycles. The van der Waals surface area contributed by atoms with Gasteiger partial charge in [0, 0.05) is 25.6 Å². The summed E-state index contributed by atoms with van der Waals surface area (Å²) >= 11 is 0. The summed E-state index contributed by atoms with van der Waals surface area (Å²) in [6, 6.07) is 8.03. The highest BCUT2D eigenvalue weighted by molar-refractivity contribution is 5.90. The number of benzene rings is 1. The number of hydrogen-bond donors (Lipinski definition) is 1. The normalized spacial score (nSPS) is 19.4. The molecule has 3 rings (SSSR count). The second kappa shape index (κ2) is 5.63. The molecule has 5 heteroatoms. The number of aromatic nitrogens is 2. The van der Waals surface area contributed by atoms with Gasteiger partial charge in [0.25, 0.3) is 0 Å². The maximum atomic E-state index is 5.85. The number of fused-ring (bicyclic) bond motifs is 1. The van der Waals surface area contributed by atoms with E-state index in [2.05, 4.69) is 20.9 Å². The molecule has 20 heavy (non-hydrogen) atoms. The van der Waals surface area contributed by atoms with Crippen LogP contribution in [-0.4, -0.2) is 36.8 Å². The second-order valence-electron chi connectivity index (χ2n) is 5.33. The Bertz CT molecular complexity index is 599. The van der Waals surface area contributed by atoms with Crippen molar-refractivity contribution in [2.45, 2.75) is 12.8 Å². The van der Waals surface area contributed by atoms with E-state index in [1.165, 1.54) is 6.42 Å². The van der Waals surface area contributed by atoms with E-state index in [4.69, 9.17) is 10.5 Å². The first-order valence-corrected chi connectivity index (χ1v) is 7.04. The molecule has 2 N–H and O–H groups in total. The monoisotopic (exact) mass is 272 g/mol. The number of nitrogens with zero attached hydrogens (tertiary/aromatic N) is 3. The van der Waals surface area contributed by atoms with Crippen molar-refractivity contribution in [3.8, 4) is 0 Å². The van der Waals surface area contributed by atoms with Crippen molar-refractivity contribution in [3.63, 3.8) is 0 Å². The Labute approximate surface area is 118 Å². The zero-order valence-electron chi connectivity index (χ0n) is 11.7. The van der Waals surface area contributed by atoms with E-state index in [0.717, 1.165) is 42.8 Å². The summed E-state index contributed by atoms with van der Waals surface area (Å²) in [5.41, 5.74) is 6.76. The summed E-state index contributed by atoms with van der Waals surface area (Å²) < 4.78 is 5.29. The molecule has 0 saturated carbocycles. The van der Waals surface area contributed by atoms with Gasteiger partial charge in [0.1, 0.15) is 5.82 Å². The van der Waals surface area contributed by atoms with Crippen LogP contribution in [0.4, 0.5) is 11.8 Å². The van der Waals surface area contributed by atoms with Crippen molar-refractivity contribution in [2.24, 2.45) is 5.92 Å². The fourth-order valence-electron chi connectivity index (χ4n) is 2.95. The molecule has 0 aliphatic carbocycles. The molecule has 1 aliphatic heterocycles. The molecule has 2 heterocycles. The van der Waals surface area contributed by atoms with Gasteiger partial charge in [-0.2, -0.15) is 4.98 Å². The van der Waals surface area contributed by atoms with Crippen LogP contribution >= 0.6 is 0 Å². The van der Waals surface area contributed by atoms with Crippen LogP contribution in [-0.2, 0) is 4.74 Å². The summed E-state index contributed by atoms with van der Waals surface area (Å²) in [5, 5.41) is 1.07. The van der Waals surface area contributed by atoms with Crippen LogP contribution in [0.15, 0.2) is 24.3 Å². The number of nitrogens with two attached hydrogens (primary N) is 1. The SMILES string of the molecule is COCC1CCCN(c2nc(N)nc3ccccc23)C1. The third-order valence-electron chi connectivity index (χ3n) is 3.82. The highest BCUT2D eigenvalue weighted by Crippen LogP contribution is 2.28. The molecule has 106 valence electrons. The predicted molar refractivity (Wildman–Crippen MR) is 80.8 cm³/mol. The van der Waals surface area contributed by atoms with Crippen LogP contribution in [0.3, 0.4) is 0 Å². The van der Waals surface area contributed by atoms with Gasteiger partial charge in [-0.15, -0.1) is 0 Å². The zero-order valence-corrected chi connectivity index (χ0v) is 11.7. The Kier molecular flexibility index (Phi) is 3.69. The Morgan fingerprint density at radius 1 is 1.35 bits per heavy atom. The van der Waals surface area contributed by atoms with Crippen molar-refractivity contribution >= 4 is 22.7 Å².